The Kier molecular flexibility index (Phi) is 13.6. The fourth-order valence-electron chi connectivity index (χ4n) is 3.21. The predicted molar refractivity (Wildman–Crippen MR) is 132 cm³/mol. The van der Waals surface area contributed by atoms with Crippen LogP contribution < -0.4 is 5.73 Å². The molecule has 2 atom stereocenters. The standard InChI is InChI=1S/C12H15ClN2O3.C7H6ClFN2O2.C4H9NO/c1-2-18-11(16)10-9(6-14-12(13)15-10)5-8-3-4-17-7-8;1-2-13-6(12)5-4(9)3-10-7(8)11-5;5-4-1-2-6-3-4/h6,8H,2-5,7H2,1H3;3H,2H2,1H3;4H,1-3,5H2. The van der Waals surface area contributed by atoms with E-state index in [-0.39, 0.29) is 22.9 Å². The second-order valence-corrected chi connectivity index (χ2v) is 8.52. The minimum Gasteiger partial charge on any atom is -0.461 e. The smallest absolute Gasteiger partial charge is 0.360 e. The third kappa shape index (κ3) is 10.8. The molecule has 4 heterocycles. The van der Waals surface area contributed by atoms with Crippen LogP contribution in [0.3, 0.4) is 0 Å². The molecule has 2 aliphatic heterocycles. The Morgan fingerprint density at radius 2 is 1.54 bits per heavy atom. The van der Waals surface area contributed by atoms with E-state index in [0.717, 1.165) is 44.4 Å². The molecule has 0 spiro atoms. The fourth-order valence-corrected chi connectivity index (χ4v) is 3.47. The minimum atomic E-state index is -0.845. The van der Waals surface area contributed by atoms with Crippen molar-refractivity contribution in [2.45, 2.75) is 39.2 Å². The largest absolute Gasteiger partial charge is 0.461 e. The lowest BCUT2D eigenvalue weighted by Crippen LogP contribution is -2.18. The van der Waals surface area contributed by atoms with Gasteiger partial charge in [0.1, 0.15) is 0 Å². The Balaban J connectivity index is 0.000000220. The molecule has 0 saturated carbocycles. The molecule has 4 rings (SSSR count). The first-order chi connectivity index (χ1) is 17.7. The number of carbonyl (C=O) groups is 2. The SMILES string of the molecule is CCOC(=O)c1nc(Cl)ncc1CC1CCOC1.CCOC(=O)c1nc(Cl)ncc1F.NC1CCOC1. The van der Waals surface area contributed by atoms with Crippen molar-refractivity contribution in [3.05, 3.63) is 45.7 Å². The molecule has 0 bridgehead atoms. The molecule has 11 nitrogen and oxygen atoms in total. The molecule has 14 heteroatoms. The van der Waals surface area contributed by atoms with Crippen LogP contribution in [-0.2, 0) is 25.4 Å². The number of aromatic nitrogens is 4. The second-order valence-electron chi connectivity index (χ2n) is 7.85. The first-order valence-electron chi connectivity index (χ1n) is 11.7. The van der Waals surface area contributed by atoms with E-state index in [1.807, 2.05) is 0 Å². The van der Waals surface area contributed by atoms with Gasteiger partial charge < -0.3 is 24.7 Å². The van der Waals surface area contributed by atoms with Crippen LogP contribution in [0.1, 0.15) is 53.2 Å². The van der Waals surface area contributed by atoms with Crippen LogP contribution in [0.2, 0.25) is 10.6 Å². The monoisotopic (exact) mass is 561 g/mol. The van der Waals surface area contributed by atoms with Crippen molar-refractivity contribution in [3.8, 4) is 0 Å². The van der Waals surface area contributed by atoms with E-state index in [9.17, 15) is 14.0 Å². The van der Waals surface area contributed by atoms with Crippen molar-refractivity contribution < 1.29 is 32.9 Å². The summed E-state index contributed by atoms with van der Waals surface area (Å²) in [6.45, 7) is 6.94. The van der Waals surface area contributed by atoms with Crippen molar-refractivity contribution in [1.29, 1.82) is 0 Å². The van der Waals surface area contributed by atoms with Crippen molar-refractivity contribution in [2.75, 3.05) is 39.6 Å². The van der Waals surface area contributed by atoms with E-state index in [1.165, 1.54) is 0 Å². The summed E-state index contributed by atoms with van der Waals surface area (Å²) < 4.78 is 32.6. The number of esters is 2. The van der Waals surface area contributed by atoms with Gasteiger partial charge in [-0.15, -0.1) is 0 Å². The lowest BCUT2D eigenvalue weighted by molar-refractivity contribution is 0.0505. The van der Waals surface area contributed by atoms with Crippen LogP contribution >= 0.6 is 23.2 Å². The zero-order chi connectivity index (χ0) is 27.2. The van der Waals surface area contributed by atoms with Crippen molar-refractivity contribution >= 4 is 35.1 Å². The lowest BCUT2D eigenvalue weighted by atomic mass is 9.99. The van der Waals surface area contributed by atoms with Crippen molar-refractivity contribution in [2.24, 2.45) is 11.7 Å². The van der Waals surface area contributed by atoms with Gasteiger partial charge in [0, 0.05) is 37.6 Å². The number of hydrogen-bond acceptors (Lipinski definition) is 11. The number of halogens is 3. The normalized spacial score (nSPS) is 18.2. The first kappa shape index (κ1) is 30.7. The van der Waals surface area contributed by atoms with Gasteiger partial charge in [-0.1, -0.05) is 0 Å². The Labute approximate surface area is 224 Å². The zero-order valence-electron chi connectivity index (χ0n) is 20.6. The van der Waals surface area contributed by atoms with Crippen LogP contribution in [0, 0.1) is 11.7 Å². The maximum atomic E-state index is 12.9. The van der Waals surface area contributed by atoms with E-state index in [4.69, 9.17) is 43.1 Å². The molecule has 2 unspecified atom stereocenters. The highest BCUT2D eigenvalue weighted by atomic mass is 35.5. The van der Waals surface area contributed by atoms with Gasteiger partial charge in [-0.05, 0) is 62.2 Å². The molecule has 2 saturated heterocycles. The summed E-state index contributed by atoms with van der Waals surface area (Å²) >= 11 is 11.1. The second kappa shape index (κ2) is 16.4. The average Bonchev–Trinajstić information content (AvgIpc) is 3.57. The molecule has 0 aliphatic carbocycles. The highest BCUT2D eigenvalue weighted by Crippen LogP contribution is 2.20. The van der Waals surface area contributed by atoms with Gasteiger partial charge in [0.2, 0.25) is 10.6 Å². The topological polar surface area (TPSA) is 149 Å². The summed E-state index contributed by atoms with van der Waals surface area (Å²) in [5, 5.41) is -0.131. The van der Waals surface area contributed by atoms with E-state index in [1.54, 1.807) is 20.0 Å². The Morgan fingerprint density at radius 3 is 2.05 bits per heavy atom. The predicted octanol–water partition coefficient (Wildman–Crippen LogP) is 3.07. The third-order valence-corrected chi connectivity index (χ3v) is 5.35. The number of rotatable bonds is 6. The van der Waals surface area contributed by atoms with Gasteiger partial charge in [-0.25, -0.2) is 33.9 Å². The van der Waals surface area contributed by atoms with Gasteiger partial charge in [0.15, 0.2) is 17.2 Å². The summed E-state index contributed by atoms with van der Waals surface area (Å²) in [5.74, 6) is -1.73. The maximum Gasteiger partial charge on any atom is 0.360 e. The average molecular weight is 562 g/mol. The molecule has 204 valence electrons. The summed E-state index contributed by atoms with van der Waals surface area (Å²) in [6.07, 6.45) is 5.16. The van der Waals surface area contributed by atoms with Gasteiger partial charge in [0.25, 0.3) is 0 Å². The third-order valence-electron chi connectivity index (χ3n) is 4.98. The van der Waals surface area contributed by atoms with Crippen LogP contribution in [0.4, 0.5) is 4.39 Å². The number of nitrogens with zero attached hydrogens (tertiary/aromatic N) is 4. The minimum absolute atomic E-state index is 0.0597. The summed E-state index contributed by atoms with van der Waals surface area (Å²) in [7, 11) is 0. The Hall–Kier alpha value is -2.51. The molecular formula is C23H30Cl2FN5O6. The van der Waals surface area contributed by atoms with E-state index in [2.05, 4.69) is 24.7 Å². The molecule has 0 radical (unpaired) electrons. The molecule has 37 heavy (non-hydrogen) atoms. The summed E-state index contributed by atoms with van der Waals surface area (Å²) in [4.78, 5) is 37.4. The number of hydrogen-bond donors (Lipinski definition) is 1. The Morgan fingerprint density at radius 1 is 0.973 bits per heavy atom. The number of carbonyl (C=O) groups excluding carboxylic acids is 2. The Bertz CT molecular complexity index is 1020. The van der Waals surface area contributed by atoms with Crippen LogP contribution in [0.25, 0.3) is 0 Å². The maximum absolute atomic E-state index is 12.9. The summed E-state index contributed by atoms with van der Waals surface area (Å²) in [6, 6.07) is 0.324. The van der Waals surface area contributed by atoms with E-state index >= 15 is 0 Å². The molecule has 2 aromatic heterocycles. The van der Waals surface area contributed by atoms with Gasteiger partial charge in [-0.3, -0.25) is 0 Å². The molecule has 0 amide bonds. The molecule has 2 fully saturated rings. The molecule has 2 aromatic rings. The fraction of sp³-hybridized carbons (Fsp3) is 0.565. The van der Waals surface area contributed by atoms with Crippen LogP contribution in [0.5, 0.6) is 0 Å². The van der Waals surface area contributed by atoms with Crippen LogP contribution in [-0.4, -0.2) is 77.6 Å². The summed E-state index contributed by atoms with van der Waals surface area (Å²) in [5.41, 5.74) is 6.01. The molecule has 2 aliphatic rings. The first-order valence-corrected chi connectivity index (χ1v) is 12.4. The van der Waals surface area contributed by atoms with Gasteiger partial charge in [-0.2, -0.15) is 0 Å². The molecule has 0 aromatic carbocycles. The van der Waals surface area contributed by atoms with Crippen LogP contribution in [0.15, 0.2) is 12.4 Å². The van der Waals surface area contributed by atoms with Gasteiger partial charge >= 0.3 is 11.9 Å². The number of ether oxygens (including phenoxy) is 4. The van der Waals surface area contributed by atoms with Gasteiger partial charge in [0.05, 0.1) is 26.0 Å². The molecule has 2 N–H and O–H groups in total. The zero-order valence-corrected chi connectivity index (χ0v) is 22.1. The lowest BCUT2D eigenvalue weighted by Gasteiger charge is -2.10. The van der Waals surface area contributed by atoms with E-state index < -0.39 is 23.4 Å². The quantitative estimate of drug-likeness (QED) is 0.409. The molecular weight excluding hydrogens is 532 g/mol. The van der Waals surface area contributed by atoms with Crippen molar-refractivity contribution in [1.82, 2.24) is 19.9 Å². The highest BCUT2D eigenvalue weighted by molar-refractivity contribution is 6.28. The number of nitrogens with two attached hydrogens (primary N) is 1. The van der Waals surface area contributed by atoms with E-state index in [0.29, 0.717) is 31.6 Å². The van der Waals surface area contributed by atoms with Crippen molar-refractivity contribution in [3.63, 3.8) is 0 Å². The highest BCUT2D eigenvalue weighted by Gasteiger charge is 2.22.